The first-order valence-corrected chi connectivity index (χ1v) is 9.80. The van der Waals surface area contributed by atoms with Crippen LogP contribution in [0.2, 0.25) is 0 Å². The highest BCUT2D eigenvalue weighted by molar-refractivity contribution is 9.10. The van der Waals surface area contributed by atoms with Crippen molar-refractivity contribution in [3.63, 3.8) is 0 Å². The summed E-state index contributed by atoms with van der Waals surface area (Å²) in [4.78, 5) is 23.5. The molecule has 4 heterocycles. The molecule has 0 radical (unpaired) electrons. The standard InChI is InChI=1S/C20H20BrN5O2/c1-11(2)6-15-17-18(25-24-15)20(27)26(14-4-5-23-16(8-14)28-3)19(17)12-7-13(21)10-22-9-12/h4-5,7-11,19H,6H2,1-3H3,(H,24,25). The van der Waals surface area contributed by atoms with Gasteiger partial charge in [0.2, 0.25) is 5.88 Å². The van der Waals surface area contributed by atoms with Gasteiger partial charge in [-0.2, -0.15) is 5.10 Å². The fraction of sp³-hybridized carbons (Fsp3) is 0.300. The zero-order valence-corrected chi connectivity index (χ0v) is 17.4. The lowest BCUT2D eigenvalue weighted by Gasteiger charge is -2.26. The fourth-order valence-corrected chi connectivity index (χ4v) is 3.96. The zero-order valence-electron chi connectivity index (χ0n) is 15.8. The van der Waals surface area contributed by atoms with Gasteiger partial charge in [0.1, 0.15) is 5.69 Å². The largest absolute Gasteiger partial charge is 0.481 e. The molecule has 7 nitrogen and oxygen atoms in total. The van der Waals surface area contributed by atoms with Gasteiger partial charge in [-0.15, -0.1) is 0 Å². The van der Waals surface area contributed by atoms with E-state index in [2.05, 4.69) is 49.9 Å². The smallest absolute Gasteiger partial charge is 0.277 e. The average molecular weight is 442 g/mol. The van der Waals surface area contributed by atoms with Crippen molar-refractivity contribution in [1.82, 2.24) is 20.2 Å². The summed E-state index contributed by atoms with van der Waals surface area (Å²) in [5, 5.41) is 7.41. The van der Waals surface area contributed by atoms with Gasteiger partial charge < -0.3 is 4.74 Å². The Kier molecular flexibility index (Phi) is 4.89. The lowest BCUT2D eigenvalue weighted by molar-refractivity contribution is 0.0988. The molecule has 0 saturated heterocycles. The van der Waals surface area contributed by atoms with Crippen LogP contribution in [0.5, 0.6) is 5.88 Å². The average Bonchev–Trinajstić information content (AvgIpc) is 3.20. The number of anilines is 1. The number of pyridine rings is 2. The van der Waals surface area contributed by atoms with Gasteiger partial charge in [0.25, 0.3) is 5.91 Å². The van der Waals surface area contributed by atoms with Gasteiger partial charge in [0.05, 0.1) is 24.5 Å². The predicted molar refractivity (Wildman–Crippen MR) is 109 cm³/mol. The number of H-pyrrole nitrogens is 1. The van der Waals surface area contributed by atoms with Crippen LogP contribution in [0.3, 0.4) is 0 Å². The quantitative estimate of drug-likeness (QED) is 0.648. The van der Waals surface area contributed by atoms with Crippen molar-refractivity contribution < 1.29 is 9.53 Å². The van der Waals surface area contributed by atoms with Crippen molar-refractivity contribution in [3.8, 4) is 5.88 Å². The molecule has 0 saturated carbocycles. The van der Waals surface area contributed by atoms with E-state index in [-0.39, 0.29) is 11.9 Å². The van der Waals surface area contributed by atoms with E-state index in [1.807, 2.05) is 6.07 Å². The summed E-state index contributed by atoms with van der Waals surface area (Å²) >= 11 is 3.49. The van der Waals surface area contributed by atoms with Crippen LogP contribution in [0.1, 0.15) is 47.2 Å². The third kappa shape index (κ3) is 3.17. The molecule has 0 fully saturated rings. The van der Waals surface area contributed by atoms with Gasteiger partial charge >= 0.3 is 0 Å². The van der Waals surface area contributed by atoms with Crippen molar-refractivity contribution in [2.45, 2.75) is 26.3 Å². The van der Waals surface area contributed by atoms with E-state index in [9.17, 15) is 4.79 Å². The number of nitrogens with one attached hydrogen (secondary N) is 1. The first-order valence-electron chi connectivity index (χ1n) is 9.00. The van der Waals surface area contributed by atoms with Gasteiger partial charge in [-0.1, -0.05) is 13.8 Å². The second-order valence-electron chi connectivity index (χ2n) is 7.13. The number of carbonyl (C=O) groups excluding carboxylic acids is 1. The highest BCUT2D eigenvalue weighted by atomic mass is 79.9. The number of ether oxygens (including phenoxy) is 1. The van der Waals surface area contributed by atoms with Crippen LogP contribution in [0.25, 0.3) is 0 Å². The third-order valence-electron chi connectivity index (χ3n) is 4.70. The minimum atomic E-state index is -0.327. The Morgan fingerprint density at radius 3 is 2.86 bits per heavy atom. The number of hydrogen-bond acceptors (Lipinski definition) is 5. The van der Waals surface area contributed by atoms with E-state index in [1.165, 1.54) is 0 Å². The number of fused-ring (bicyclic) bond motifs is 1. The Morgan fingerprint density at radius 2 is 2.14 bits per heavy atom. The fourth-order valence-electron chi connectivity index (χ4n) is 3.58. The number of hydrogen-bond donors (Lipinski definition) is 1. The highest BCUT2D eigenvalue weighted by Crippen LogP contribution is 2.43. The molecule has 4 rings (SSSR count). The summed E-state index contributed by atoms with van der Waals surface area (Å²) < 4.78 is 6.11. The summed E-state index contributed by atoms with van der Waals surface area (Å²) in [6.07, 6.45) is 5.93. The molecule has 28 heavy (non-hydrogen) atoms. The highest BCUT2D eigenvalue weighted by Gasteiger charge is 2.43. The van der Waals surface area contributed by atoms with Crippen LogP contribution in [-0.2, 0) is 6.42 Å². The first-order chi connectivity index (χ1) is 13.5. The lowest BCUT2D eigenvalue weighted by atomic mass is 9.96. The molecule has 0 bridgehead atoms. The van der Waals surface area contributed by atoms with Crippen molar-refractivity contribution in [2.75, 3.05) is 12.0 Å². The van der Waals surface area contributed by atoms with E-state index >= 15 is 0 Å². The van der Waals surface area contributed by atoms with Crippen LogP contribution in [0.4, 0.5) is 5.69 Å². The van der Waals surface area contributed by atoms with Crippen LogP contribution >= 0.6 is 15.9 Å². The molecule has 8 heteroatoms. The van der Waals surface area contributed by atoms with Crippen LogP contribution in [0, 0.1) is 5.92 Å². The monoisotopic (exact) mass is 441 g/mol. The number of aromatic nitrogens is 4. The molecule has 3 aromatic rings. The third-order valence-corrected chi connectivity index (χ3v) is 5.13. The number of aromatic amines is 1. The lowest BCUT2D eigenvalue weighted by Crippen LogP contribution is -2.29. The Hall–Kier alpha value is -2.74. The second kappa shape index (κ2) is 7.35. The molecule has 0 aromatic carbocycles. The SMILES string of the molecule is COc1cc(N2C(=O)c3[nH]nc(CC(C)C)c3C2c2cncc(Br)c2)ccn1. The number of methoxy groups -OCH3 is 1. The summed E-state index contributed by atoms with van der Waals surface area (Å²) in [6.45, 7) is 4.28. The van der Waals surface area contributed by atoms with E-state index in [0.29, 0.717) is 23.2 Å². The zero-order chi connectivity index (χ0) is 19.8. The van der Waals surface area contributed by atoms with E-state index < -0.39 is 0 Å². The molecule has 3 aromatic heterocycles. The molecule has 1 unspecified atom stereocenters. The van der Waals surface area contributed by atoms with Crippen molar-refractivity contribution >= 4 is 27.5 Å². The molecule has 0 aliphatic carbocycles. The molecular weight excluding hydrogens is 422 g/mol. The van der Waals surface area contributed by atoms with E-state index in [0.717, 1.165) is 27.7 Å². The summed E-state index contributed by atoms with van der Waals surface area (Å²) in [5.41, 5.74) is 3.96. The van der Waals surface area contributed by atoms with Gasteiger partial charge in [-0.05, 0) is 46.0 Å². The van der Waals surface area contributed by atoms with Gasteiger partial charge in [0.15, 0.2) is 0 Å². The summed E-state index contributed by atoms with van der Waals surface area (Å²) in [6, 6.07) is 5.22. The minimum Gasteiger partial charge on any atom is -0.481 e. The summed E-state index contributed by atoms with van der Waals surface area (Å²) in [5.74, 6) is 0.738. The second-order valence-corrected chi connectivity index (χ2v) is 8.04. The number of nitrogens with zero attached hydrogens (tertiary/aromatic N) is 4. The van der Waals surface area contributed by atoms with Crippen LogP contribution in [-0.4, -0.2) is 33.2 Å². The molecule has 1 aliphatic rings. The Bertz CT molecular complexity index is 1030. The van der Waals surface area contributed by atoms with Crippen LogP contribution in [0.15, 0.2) is 41.3 Å². The topological polar surface area (TPSA) is 84.0 Å². The van der Waals surface area contributed by atoms with Gasteiger partial charge in [-0.3, -0.25) is 19.8 Å². The Morgan fingerprint density at radius 1 is 1.32 bits per heavy atom. The van der Waals surface area contributed by atoms with E-state index in [4.69, 9.17) is 4.74 Å². The maximum absolute atomic E-state index is 13.3. The molecule has 1 aliphatic heterocycles. The molecule has 1 N–H and O–H groups in total. The van der Waals surface area contributed by atoms with Crippen molar-refractivity contribution in [2.24, 2.45) is 5.92 Å². The van der Waals surface area contributed by atoms with Gasteiger partial charge in [0, 0.05) is 34.7 Å². The van der Waals surface area contributed by atoms with Crippen molar-refractivity contribution in [3.05, 3.63) is 63.8 Å². The first kappa shape index (κ1) is 18.6. The molecule has 144 valence electrons. The number of halogens is 1. The summed E-state index contributed by atoms with van der Waals surface area (Å²) in [7, 11) is 1.56. The maximum atomic E-state index is 13.3. The van der Waals surface area contributed by atoms with Crippen LogP contribution < -0.4 is 9.64 Å². The molecule has 0 spiro atoms. The normalized spacial score (nSPS) is 16.0. The van der Waals surface area contributed by atoms with E-state index in [1.54, 1.807) is 42.7 Å². The molecule has 1 amide bonds. The molecular formula is C20H20BrN5O2. The Balaban J connectivity index is 1.90. The number of amides is 1. The van der Waals surface area contributed by atoms with Gasteiger partial charge in [-0.25, -0.2) is 4.98 Å². The van der Waals surface area contributed by atoms with Crippen molar-refractivity contribution in [1.29, 1.82) is 0 Å². The maximum Gasteiger partial charge on any atom is 0.277 e. The molecule has 1 atom stereocenters. The number of rotatable bonds is 5. The number of carbonyl (C=O) groups is 1. The Labute approximate surface area is 171 Å². The predicted octanol–water partition coefficient (Wildman–Crippen LogP) is 3.92. The minimum absolute atomic E-state index is 0.129.